The first-order valence-electron chi connectivity index (χ1n) is 5.94. The van der Waals surface area contributed by atoms with Crippen molar-refractivity contribution < 1.29 is 9.59 Å². The molecule has 0 bridgehead atoms. The molecule has 0 heterocycles. The van der Waals surface area contributed by atoms with E-state index in [4.69, 9.17) is 11.0 Å². The Morgan fingerprint density at radius 2 is 2.17 bits per heavy atom. The van der Waals surface area contributed by atoms with Crippen molar-refractivity contribution in [1.82, 2.24) is 10.2 Å². The quantitative estimate of drug-likeness (QED) is 0.382. The molecule has 100 valence electrons. The number of nitriles is 1. The number of carbonyl (C=O) groups is 2. The molecule has 0 spiro atoms. The van der Waals surface area contributed by atoms with E-state index in [1.807, 2.05) is 6.92 Å². The van der Waals surface area contributed by atoms with Crippen LogP contribution in [-0.4, -0.2) is 36.3 Å². The number of hydrogen-bond donors (Lipinski definition) is 2. The van der Waals surface area contributed by atoms with Crippen LogP contribution in [0.4, 0.5) is 0 Å². The van der Waals surface area contributed by atoms with Gasteiger partial charge in [0.25, 0.3) is 5.91 Å². The van der Waals surface area contributed by atoms with Crippen LogP contribution in [0, 0.1) is 11.3 Å². The van der Waals surface area contributed by atoms with Gasteiger partial charge in [-0.1, -0.05) is 13.3 Å². The Kier molecular flexibility index (Phi) is 8.24. The highest BCUT2D eigenvalue weighted by Crippen LogP contribution is 1.99. The monoisotopic (exact) mass is 252 g/mol. The van der Waals surface area contributed by atoms with Crippen molar-refractivity contribution in [1.29, 1.82) is 5.26 Å². The van der Waals surface area contributed by atoms with Gasteiger partial charge in [-0.2, -0.15) is 5.26 Å². The molecule has 3 N–H and O–H groups in total. The fourth-order valence-electron chi connectivity index (χ4n) is 1.22. The first kappa shape index (κ1) is 16.1. The minimum atomic E-state index is -0.464. The van der Waals surface area contributed by atoms with Crippen LogP contribution in [0.15, 0.2) is 11.8 Å². The standard InChI is InChI=1S/C12H20N4O2/c1-3-4-6-15-12(18)11(8-14)9-16(7-5-13)10(2)17/h9H,3-7,13H2,1-2H3,(H,15,18)/b11-9-. The number of hydrogen-bond acceptors (Lipinski definition) is 4. The van der Waals surface area contributed by atoms with Gasteiger partial charge in [-0.05, 0) is 6.42 Å². The number of rotatable bonds is 7. The molecule has 0 aromatic heterocycles. The molecule has 0 aliphatic carbocycles. The van der Waals surface area contributed by atoms with Crippen LogP contribution in [0.3, 0.4) is 0 Å². The highest BCUT2D eigenvalue weighted by Gasteiger charge is 2.12. The maximum atomic E-state index is 11.6. The number of amides is 2. The number of nitrogens with two attached hydrogens (primary N) is 1. The maximum absolute atomic E-state index is 11.6. The smallest absolute Gasteiger partial charge is 0.263 e. The van der Waals surface area contributed by atoms with Gasteiger partial charge in [0.2, 0.25) is 5.91 Å². The molecule has 18 heavy (non-hydrogen) atoms. The summed E-state index contributed by atoms with van der Waals surface area (Å²) in [5, 5.41) is 11.5. The summed E-state index contributed by atoms with van der Waals surface area (Å²) in [6.45, 7) is 4.43. The Bertz CT molecular complexity index is 358. The molecule has 2 amide bonds. The first-order valence-corrected chi connectivity index (χ1v) is 5.94. The molecule has 0 aromatic rings. The Morgan fingerprint density at radius 1 is 1.50 bits per heavy atom. The second-order valence-corrected chi connectivity index (χ2v) is 3.77. The summed E-state index contributed by atoms with van der Waals surface area (Å²) in [7, 11) is 0. The van der Waals surface area contributed by atoms with Gasteiger partial charge >= 0.3 is 0 Å². The molecular formula is C12H20N4O2. The largest absolute Gasteiger partial charge is 0.351 e. The summed E-state index contributed by atoms with van der Waals surface area (Å²) in [5.74, 6) is -0.719. The molecule has 6 heteroatoms. The van der Waals surface area contributed by atoms with Crippen molar-refractivity contribution in [2.24, 2.45) is 5.73 Å². The average Bonchev–Trinajstić information content (AvgIpc) is 2.34. The highest BCUT2D eigenvalue weighted by molar-refractivity contribution is 5.97. The SMILES string of the molecule is CCCCNC(=O)/C(C#N)=C\N(CCN)C(C)=O. The summed E-state index contributed by atoms with van der Waals surface area (Å²) in [4.78, 5) is 24.2. The molecule has 0 atom stereocenters. The van der Waals surface area contributed by atoms with Gasteiger partial charge in [-0.15, -0.1) is 0 Å². The van der Waals surface area contributed by atoms with Gasteiger partial charge in [0.1, 0.15) is 11.6 Å². The molecule has 0 fully saturated rings. The zero-order valence-electron chi connectivity index (χ0n) is 10.9. The minimum Gasteiger partial charge on any atom is -0.351 e. The Balaban J connectivity index is 4.67. The van der Waals surface area contributed by atoms with E-state index in [9.17, 15) is 9.59 Å². The lowest BCUT2D eigenvalue weighted by Crippen LogP contribution is -2.32. The Hall–Kier alpha value is -1.87. The predicted molar refractivity (Wildman–Crippen MR) is 68.1 cm³/mol. The number of unbranched alkanes of at least 4 members (excludes halogenated alkanes) is 1. The fourth-order valence-corrected chi connectivity index (χ4v) is 1.22. The van der Waals surface area contributed by atoms with Gasteiger partial charge in [0, 0.05) is 32.8 Å². The second kappa shape index (κ2) is 9.19. The predicted octanol–water partition coefficient (Wildman–Crippen LogP) is 0.117. The van der Waals surface area contributed by atoms with Gasteiger partial charge < -0.3 is 16.0 Å². The maximum Gasteiger partial charge on any atom is 0.263 e. The minimum absolute atomic E-state index is 0.0882. The van der Waals surface area contributed by atoms with Crippen molar-refractivity contribution >= 4 is 11.8 Å². The van der Waals surface area contributed by atoms with E-state index in [1.54, 1.807) is 6.07 Å². The van der Waals surface area contributed by atoms with Crippen LogP contribution in [0.5, 0.6) is 0 Å². The number of nitrogens with one attached hydrogen (secondary N) is 1. The zero-order valence-corrected chi connectivity index (χ0v) is 10.9. The van der Waals surface area contributed by atoms with Crippen LogP contribution in [0.2, 0.25) is 0 Å². The van der Waals surface area contributed by atoms with Crippen LogP contribution in [-0.2, 0) is 9.59 Å². The molecule has 0 aliphatic rings. The first-order chi connectivity index (χ1) is 8.56. The molecule has 0 saturated carbocycles. The van der Waals surface area contributed by atoms with E-state index in [2.05, 4.69) is 5.32 Å². The normalized spacial score (nSPS) is 10.7. The van der Waals surface area contributed by atoms with Crippen LogP contribution >= 0.6 is 0 Å². The van der Waals surface area contributed by atoms with Gasteiger partial charge in [0.05, 0.1) is 0 Å². The van der Waals surface area contributed by atoms with Crippen LogP contribution in [0.25, 0.3) is 0 Å². The van der Waals surface area contributed by atoms with E-state index >= 15 is 0 Å². The molecule has 0 aromatic carbocycles. The van der Waals surface area contributed by atoms with Crippen molar-refractivity contribution in [3.8, 4) is 6.07 Å². The van der Waals surface area contributed by atoms with E-state index in [1.165, 1.54) is 18.0 Å². The third-order valence-electron chi connectivity index (χ3n) is 2.24. The van der Waals surface area contributed by atoms with Crippen LogP contribution in [0.1, 0.15) is 26.7 Å². The van der Waals surface area contributed by atoms with Crippen molar-refractivity contribution in [2.75, 3.05) is 19.6 Å². The van der Waals surface area contributed by atoms with Crippen molar-refractivity contribution in [3.63, 3.8) is 0 Å². The second-order valence-electron chi connectivity index (χ2n) is 3.77. The third kappa shape index (κ3) is 6.01. The van der Waals surface area contributed by atoms with Gasteiger partial charge in [-0.25, -0.2) is 0 Å². The Morgan fingerprint density at radius 3 is 2.61 bits per heavy atom. The highest BCUT2D eigenvalue weighted by atomic mass is 16.2. The number of nitrogens with zero attached hydrogens (tertiary/aromatic N) is 2. The lowest BCUT2D eigenvalue weighted by molar-refractivity contribution is -0.126. The Labute approximate surface area is 107 Å². The zero-order chi connectivity index (χ0) is 14.0. The molecule has 0 saturated heterocycles. The van der Waals surface area contributed by atoms with E-state index < -0.39 is 5.91 Å². The summed E-state index contributed by atoms with van der Waals surface area (Å²) < 4.78 is 0. The van der Waals surface area contributed by atoms with E-state index in [0.29, 0.717) is 6.54 Å². The van der Waals surface area contributed by atoms with Crippen molar-refractivity contribution in [2.45, 2.75) is 26.7 Å². The molecule has 0 unspecified atom stereocenters. The van der Waals surface area contributed by atoms with E-state index in [0.717, 1.165) is 12.8 Å². The third-order valence-corrected chi connectivity index (χ3v) is 2.24. The topological polar surface area (TPSA) is 99.2 Å². The number of carbonyl (C=O) groups excluding carboxylic acids is 2. The summed E-state index contributed by atoms with van der Waals surface area (Å²) in [5.41, 5.74) is 5.26. The molecule has 6 nitrogen and oxygen atoms in total. The average molecular weight is 252 g/mol. The van der Waals surface area contributed by atoms with Crippen molar-refractivity contribution in [3.05, 3.63) is 11.8 Å². The molecule has 0 aliphatic heterocycles. The van der Waals surface area contributed by atoms with Gasteiger partial charge in [-0.3, -0.25) is 9.59 Å². The lowest BCUT2D eigenvalue weighted by Gasteiger charge is -2.15. The summed E-state index contributed by atoms with van der Waals surface area (Å²) >= 11 is 0. The van der Waals surface area contributed by atoms with Gasteiger partial charge in [0.15, 0.2) is 0 Å². The fraction of sp³-hybridized carbons (Fsp3) is 0.583. The molecular weight excluding hydrogens is 232 g/mol. The van der Waals surface area contributed by atoms with Crippen LogP contribution < -0.4 is 11.1 Å². The van der Waals surface area contributed by atoms with E-state index in [-0.39, 0.29) is 24.6 Å². The summed E-state index contributed by atoms with van der Waals surface area (Å²) in [6.07, 6.45) is 3.05. The summed E-state index contributed by atoms with van der Waals surface area (Å²) in [6, 6.07) is 1.79. The lowest BCUT2D eigenvalue weighted by atomic mass is 10.2. The molecule has 0 rings (SSSR count). The molecule has 0 radical (unpaired) electrons.